The van der Waals surface area contributed by atoms with Gasteiger partial charge in [0, 0.05) is 17.9 Å². The zero-order valence-corrected chi connectivity index (χ0v) is 42.2. The molecule has 0 aliphatic heterocycles. The van der Waals surface area contributed by atoms with E-state index in [-0.39, 0.29) is 6.10 Å². The number of nitrogens with zero attached hydrogens (tertiary/aromatic N) is 3. The number of ether oxygens (including phenoxy) is 4. The molecule has 0 aromatic carbocycles. The lowest BCUT2D eigenvalue weighted by Crippen LogP contribution is -2.43. The van der Waals surface area contributed by atoms with Gasteiger partial charge in [0.05, 0.1) is 32.5 Å². The minimum atomic E-state index is -0.759. The van der Waals surface area contributed by atoms with Crippen molar-refractivity contribution in [2.75, 3.05) is 39.6 Å². The van der Waals surface area contributed by atoms with Crippen LogP contribution in [0, 0.1) is 0 Å². The van der Waals surface area contributed by atoms with Crippen LogP contribution in [0.25, 0.3) is 10.4 Å². The highest BCUT2D eigenvalue weighted by atomic mass is 16.7. The summed E-state index contributed by atoms with van der Waals surface area (Å²) in [6.07, 6.45) is 60.1. The first kappa shape index (κ1) is 60.6. The summed E-state index contributed by atoms with van der Waals surface area (Å²) in [5, 5.41) is 3.60. The largest absolute Gasteiger partial charge is 0.379 e. The Bertz CT molecular complexity index is 970. The maximum absolute atomic E-state index is 8.63. The van der Waals surface area contributed by atoms with Crippen LogP contribution in [0.15, 0.2) is 29.4 Å². The van der Waals surface area contributed by atoms with E-state index >= 15 is 0 Å². The van der Waals surface area contributed by atoms with E-state index in [1.54, 1.807) is 0 Å². The fourth-order valence-corrected chi connectivity index (χ4v) is 8.22. The number of unbranched alkanes of at least 4 members (excludes halogenated alkanes) is 32. The number of azide groups is 1. The van der Waals surface area contributed by atoms with Gasteiger partial charge in [-0.25, -0.2) is 0 Å². The Balaban J connectivity index is 4.92. The highest BCUT2D eigenvalue weighted by Gasteiger charge is 2.33. The van der Waals surface area contributed by atoms with Crippen molar-refractivity contribution in [1.29, 1.82) is 0 Å². The van der Waals surface area contributed by atoms with Crippen molar-refractivity contribution >= 4 is 0 Å². The molecule has 0 heterocycles. The number of allylic oxidation sites excluding steroid dienone is 4. The summed E-state index contributed by atoms with van der Waals surface area (Å²) in [5.41, 5.74) is 8.63. The molecule has 0 saturated heterocycles. The molecule has 0 rings (SSSR count). The minimum absolute atomic E-state index is 0.168. The molecular formula is C55H107N3O4. The van der Waals surface area contributed by atoms with E-state index in [4.69, 9.17) is 24.5 Å². The molecule has 62 heavy (non-hydrogen) atoms. The fraction of sp³-hybridized carbons (Fsp3) is 0.927. The van der Waals surface area contributed by atoms with Crippen LogP contribution in [-0.2, 0) is 18.9 Å². The first-order chi connectivity index (χ1) is 30.6. The number of rotatable bonds is 53. The Morgan fingerprint density at radius 3 is 1.29 bits per heavy atom. The fourth-order valence-electron chi connectivity index (χ4n) is 8.22. The second kappa shape index (κ2) is 52.3. The molecule has 0 spiro atoms. The molecule has 0 aromatic heterocycles. The third kappa shape index (κ3) is 46.6. The van der Waals surface area contributed by atoms with E-state index in [1.165, 1.54) is 225 Å². The summed E-state index contributed by atoms with van der Waals surface area (Å²) in [7, 11) is 0. The van der Waals surface area contributed by atoms with Crippen molar-refractivity contribution in [2.45, 2.75) is 290 Å². The summed E-state index contributed by atoms with van der Waals surface area (Å²) >= 11 is 0. The lowest BCUT2D eigenvalue weighted by molar-refractivity contribution is -0.273. The molecule has 2 atom stereocenters. The van der Waals surface area contributed by atoms with E-state index < -0.39 is 5.79 Å². The minimum Gasteiger partial charge on any atom is -0.379 e. The average molecular weight is 874 g/mol. The molecule has 0 saturated carbocycles. The van der Waals surface area contributed by atoms with E-state index in [0.717, 1.165) is 25.7 Å². The van der Waals surface area contributed by atoms with Gasteiger partial charge < -0.3 is 18.9 Å². The zero-order valence-electron chi connectivity index (χ0n) is 42.2. The lowest BCUT2D eigenvalue weighted by Gasteiger charge is -2.35. The van der Waals surface area contributed by atoms with Gasteiger partial charge in [-0.05, 0) is 83.1 Å². The Morgan fingerprint density at radius 1 is 0.452 bits per heavy atom. The average Bonchev–Trinajstić information content (AvgIpc) is 3.28. The molecule has 2 unspecified atom stereocenters. The first-order valence-electron chi connectivity index (χ1n) is 27.4. The van der Waals surface area contributed by atoms with E-state index in [2.05, 4.69) is 62.0 Å². The van der Waals surface area contributed by atoms with Crippen LogP contribution in [0.1, 0.15) is 278 Å². The predicted octanol–water partition coefficient (Wildman–Crippen LogP) is 18.8. The van der Waals surface area contributed by atoms with Gasteiger partial charge in [-0.2, -0.15) is 0 Å². The van der Waals surface area contributed by atoms with Gasteiger partial charge in [-0.15, -0.1) is 0 Å². The molecule has 0 fully saturated rings. The summed E-state index contributed by atoms with van der Waals surface area (Å²) in [6, 6.07) is 0. The molecule has 7 nitrogen and oxygen atoms in total. The van der Waals surface area contributed by atoms with Crippen LogP contribution in [0.4, 0.5) is 0 Å². The second-order valence-corrected chi connectivity index (χ2v) is 18.5. The van der Waals surface area contributed by atoms with E-state index in [0.29, 0.717) is 39.6 Å². The number of hydrogen-bond acceptors (Lipinski definition) is 5. The molecule has 366 valence electrons. The summed E-state index contributed by atoms with van der Waals surface area (Å²) < 4.78 is 25.8. The summed E-state index contributed by atoms with van der Waals surface area (Å²) in [4.78, 5) is 2.84. The van der Waals surface area contributed by atoms with Crippen molar-refractivity contribution in [3.63, 3.8) is 0 Å². The molecule has 0 aliphatic rings. The first-order valence-corrected chi connectivity index (χ1v) is 27.4. The summed E-state index contributed by atoms with van der Waals surface area (Å²) in [6.45, 7) is 11.9. The highest BCUT2D eigenvalue weighted by Crippen LogP contribution is 2.26. The molecule has 0 radical (unpaired) electrons. The van der Waals surface area contributed by atoms with Gasteiger partial charge in [-0.3, -0.25) is 0 Å². The van der Waals surface area contributed by atoms with Crippen LogP contribution < -0.4 is 0 Å². The predicted molar refractivity (Wildman–Crippen MR) is 270 cm³/mol. The van der Waals surface area contributed by atoms with Crippen molar-refractivity contribution in [2.24, 2.45) is 5.11 Å². The lowest BCUT2D eigenvalue weighted by atomic mass is 10.0. The van der Waals surface area contributed by atoms with Gasteiger partial charge >= 0.3 is 0 Å². The molecule has 0 bridgehead atoms. The van der Waals surface area contributed by atoms with E-state index in [1.807, 2.05) is 0 Å². The Hall–Kier alpha value is -1.37. The highest BCUT2D eigenvalue weighted by molar-refractivity contribution is 4.82. The zero-order chi connectivity index (χ0) is 45.0. The monoisotopic (exact) mass is 874 g/mol. The topological polar surface area (TPSA) is 85.7 Å². The van der Waals surface area contributed by atoms with E-state index in [9.17, 15) is 0 Å². The van der Waals surface area contributed by atoms with Gasteiger partial charge in [-0.1, -0.05) is 224 Å². The third-order valence-corrected chi connectivity index (χ3v) is 12.4. The van der Waals surface area contributed by atoms with Gasteiger partial charge in [0.15, 0.2) is 5.79 Å². The standard InChI is InChI=1S/C55H107N3O4/c1-5-8-11-14-17-20-23-25-27-28-30-33-36-39-42-45-49-61-55(62-52-51-59-50-48-57-58-56,47-44-41-38-35-32-22-19-16-13-10-7-3)53-60-54(4)46-43-40-37-34-31-29-26-24-21-18-15-12-9-6-2/h25-27,29,54H,5-24,28,30-53H2,1-4H3/b27-25-,29-26?. The van der Waals surface area contributed by atoms with Crippen LogP contribution in [-0.4, -0.2) is 51.5 Å². The molecule has 7 heteroatoms. The molecule has 0 aliphatic carbocycles. The van der Waals surface area contributed by atoms with Crippen molar-refractivity contribution in [3.8, 4) is 0 Å². The van der Waals surface area contributed by atoms with Crippen molar-refractivity contribution in [3.05, 3.63) is 34.7 Å². The van der Waals surface area contributed by atoms with Crippen molar-refractivity contribution < 1.29 is 18.9 Å². The van der Waals surface area contributed by atoms with Crippen LogP contribution in [0.5, 0.6) is 0 Å². The van der Waals surface area contributed by atoms with Crippen molar-refractivity contribution in [1.82, 2.24) is 0 Å². The SMILES string of the molecule is CCCCCCCCC=CCCCCCCC(C)OCC(CCCCCCCCCCCCC)(OCCCCCCCC/C=C\CCCCCCCC)OCCOCCN=[N+]=[N-]. The molecule has 0 aromatic rings. The van der Waals surface area contributed by atoms with Crippen LogP contribution in [0.2, 0.25) is 0 Å². The maximum atomic E-state index is 8.63. The number of hydrogen-bond donors (Lipinski definition) is 0. The smallest absolute Gasteiger partial charge is 0.191 e. The van der Waals surface area contributed by atoms with Gasteiger partial charge in [0.2, 0.25) is 0 Å². The van der Waals surface area contributed by atoms with Gasteiger partial charge in [0.25, 0.3) is 0 Å². The maximum Gasteiger partial charge on any atom is 0.191 e. The Labute approximate surface area is 387 Å². The van der Waals surface area contributed by atoms with Crippen LogP contribution in [0.3, 0.4) is 0 Å². The van der Waals surface area contributed by atoms with Crippen LogP contribution >= 0.6 is 0 Å². The Morgan fingerprint density at radius 2 is 0.839 bits per heavy atom. The molecule has 0 N–H and O–H groups in total. The second-order valence-electron chi connectivity index (χ2n) is 18.5. The summed E-state index contributed by atoms with van der Waals surface area (Å²) in [5.74, 6) is -0.759. The molecule has 0 amide bonds. The quantitative estimate of drug-likeness (QED) is 0.0152. The normalized spacial score (nSPS) is 13.4. The third-order valence-electron chi connectivity index (χ3n) is 12.4. The van der Waals surface area contributed by atoms with Gasteiger partial charge in [0.1, 0.15) is 6.61 Å². The Kier molecular flexibility index (Phi) is 51.1. The molecular weight excluding hydrogens is 767 g/mol.